The largest absolute Gasteiger partial charge is 0.456 e. The summed E-state index contributed by atoms with van der Waals surface area (Å²) >= 11 is 4.12. The first kappa shape index (κ1) is 24.1. The van der Waals surface area contributed by atoms with Gasteiger partial charge in [-0.1, -0.05) is 12.2 Å². The number of hydrogen-bond donors (Lipinski definition) is 4. The topological polar surface area (TPSA) is 139 Å². The molecule has 2 atom stereocenters. The Balaban J connectivity index is 2.31. The predicted octanol–water partition coefficient (Wildman–Crippen LogP) is 0.423. The van der Waals surface area contributed by atoms with Crippen molar-refractivity contribution in [2.45, 2.75) is 45.4 Å². The fraction of sp³-hybridized carbons (Fsp3) is 0.400. The fourth-order valence-electron chi connectivity index (χ4n) is 2.54. The molecule has 166 valence electrons. The van der Waals surface area contributed by atoms with Crippen LogP contribution in [0.15, 0.2) is 36.2 Å². The Bertz CT molecular complexity index is 902. The van der Waals surface area contributed by atoms with E-state index in [1.165, 1.54) is 19.2 Å². The number of esters is 1. The zero-order valence-corrected chi connectivity index (χ0v) is 18.1. The molecular formula is C20H25N5O5S. The molecule has 1 aromatic heterocycles. The molecular weight excluding hydrogens is 422 g/mol. The van der Waals surface area contributed by atoms with Crippen LogP contribution in [0.4, 0.5) is 0 Å². The summed E-state index contributed by atoms with van der Waals surface area (Å²) in [6.45, 7) is 3.06. The van der Waals surface area contributed by atoms with Crippen LogP contribution >= 0.6 is 12.6 Å². The molecule has 1 aromatic rings. The molecule has 2 bridgehead atoms. The lowest BCUT2D eigenvalue weighted by atomic mass is 10.2. The maximum Gasteiger partial charge on any atom is 0.328 e. The highest BCUT2D eigenvalue weighted by Gasteiger charge is 2.24. The van der Waals surface area contributed by atoms with Crippen molar-refractivity contribution in [2.24, 2.45) is 0 Å². The zero-order valence-electron chi connectivity index (χ0n) is 17.3. The minimum atomic E-state index is -1.02. The van der Waals surface area contributed by atoms with Gasteiger partial charge in [0.25, 0.3) is 11.8 Å². The highest BCUT2D eigenvalue weighted by Crippen LogP contribution is 2.07. The molecule has 11 heteroatoms. The summed E-state index contributed by atoms with van der Waals surface area (Å²) < 4.78 is 5.40. The second-order valence-electron chi connectivity index (χ2n) is 6.62. The highest BCUT2D eigenvalue weighted by atomic mass is 32.1. The summed E-state index contributed by atoms with van der Waals surface area (Å²) in [4.78, 5) is 57.7. The van der Waals surface area contributed by atoms with Gasteiger partial charge in [0.2, 0.25) is 11.7 Å². The Morgan fingerprint density at radius 1 is 1.26 bits per heavy atom. The van der Waals surface area contributed by atoms with E-state index in [9.17, 15) is 19.2 Å². The van der Waals surface area contributed by atoms with Crippen LogP contribution in [-0.4, -0.2) is 51.6 Å². The van der Waals surface area contributed by atoms with Crippen molar-refractivity contribution >= 4 is 36.3 Å². The smallest absolute Gasteiger partial charge is 0.328 e. The second-order valence-corrected chi connectivity index (χ2v) is 7.07. The molecule has 1 aliphatic rings. The average Bonchev–Trinajstić information content (AvgIpc) is 2.75. The van der Waals surface area contributed by atoms with Crippen LogP contribution in [0.2, 0.25) is 0 Å². The van der Waals surface area contributed by atoms with Gasteiger partial charge in [-0.05, 0) is 38.2 Å². The molecule has 3 N–H and O–H groups in total. The van der Waals surface area contributed by atoms with E-state index in [1.54, 1.807) is 25.1 Å². The third-order valence-corrected chi connectivity index (χ3v) is 4.42. The van der Waals surface area contributed by atoms with Crippen LogP contribution in [0.25, 0.3) is 0 Å². The van der Waals surface area contributed by atoms with Crippen LogP contribution in [0.3, 0.4) is 0 Å². The molecule has 0 aliphatic carbocycles. The molecule has 0 radical (unpaired) electrons. The summed E-state index contributed by atoms with van der Waals surface area (Å²) in [5.41, 5.74) is 0.337. The maximum absolute atomic E-state index is 12.5. The van der Waals surface area contributed by atoms with Gasteiger partial charge in [0.05, 0.1) is 18.7 Å². The van der Waals surface area contributed by atoms with Gasteiger partial charge in [-0.15, -0.1) is 0 Å². The van der Waals surface area contributed by atoms with Crippen LogP contribution in [0.5, 0.6) is 0 Å². The first-order valence-corrected chi connectivity index (χ1v) is 10.3. The van der Waals surface area contributed by atoms with Crippen molar-refractivity contribution in [3.05, 3.63) is 47.7 Å². The lowest BCUT2D eigenvalue weighted by molar-refractivity contribution is -0.151. The molecule has 0 unspecified atom stereocenters. The minimum absolute atomic E-state index is 0.0516. The van der Waals surface area contributed by atoms with Gasteiger partial charge in [-0.3, -0.25) is 14.4 Å². The molecule has 0 fully saturated rings. The van der Waals surface area contributed by atoms with Crippen molar-refractivity contribution in [1.82, 2.24) is 25.9 Å². The van der Waals surface area contributed by atoms with Gasteiger partial charge >= 0.3 is 5.97 Å². The van der Waals surface area contributed by atoms with Crippen molar-refractivity contribution in [1.29, 1.82) is 0 Å². The number of nitrogens with one attached hydrogen (secondary N) is 3. The van der Waals surface area contributed by atoms with E-state index in [0.717, 1.165) is 0 Å². The van der Waals surface area contributed by atoms with E-state index in [0.29, 0.717) is 17.9 Å². The van der Waals surface area contributed by atoms with Crippen LogP contribution in [0, 0.1) is 0 Å². The quantitative estimate of drug-likeness (QED) is 0.228. The van der Waals surface area contributed by atoms with E-state index in [2.05, 4.69) is 38.5 Å². The number of fused-ring (bicyclic) bond motifs is 2. The van der Waals surface area contributed by atoms with E-state index >= 15 is 0 Å². The number of ether oxygens (including phenoxy) is 1. The molecule has 3 amide bonds. The lowest BCUT2D eigenvalue weighted by Gasteiger charge is -2.19. The molecule has 2 rings (SSSR count). The van der Waals surface area contributed by atoms with Crippen LogP contribution in [-0.2, 0) is 25.7 Å². The SMILES string of the molecule is C/C=C1\NC(=O)c2nccc(n2)CNC(=O)C[C@@H](/C=C/CCS)OC(=O)[C@H](C)NC1=O. The second kappa shape index (κ2) is 11.8. The fourth-order valence-corrected chi connectivity index (χ4v) is 2.69. The van der Waals surface area contributed by atoms with Gasteiger partial charge in [-0.2, -0.15) is 12.6 Å². The van der Waals surface area contributed by atoms with Crippen molar-refractivity contribution in [3.63, 3.8) is 0 Å². The number of amides is 3. The molecule has 0 saturated carbocycles. The molecule has 0 saturated heterocycles. The summed E-state index contributed by atoms with van der Waals surface area (Å²) in [6, 6.07) is 0.533. The van der Waals surface area contributed by atoms with E-state index < -0.39 is 29.9 Å². The third-order valence-electron chi connectivity index (χ3n) is 4.17. The number of thiol groups is 1. The summed E-state index contributed by atoms with van der Waals surface area (Å²) in [5.74, 6) is -2.03. The van der Waals surface area contributed by atoms with Crippen LogP contribution in [0.1, 0.15) is 43.0 Å². The molecule has 1 aliphatic heterocycles. The van der Waals surface area contributed by atoms with Gasteiger partial charge in [0.1, 0.15) is 17.8 Å². The van der Waals surface area contributed by atoms with Crippen molar-refractivity contribution in [3.8, 4) is 0 Å². The number of allylic oxidation sites excluding steroid dienone is 2. The first-order valence-electron chi connectivity index (χ1n) is 9.69. The maximum atomic E-state index is 12.5. The summed E-state index contributed by atoms with van der Waals surface area (Å²) in [6.07, 6.45) is 5.86. The molecule has 0 aromatic carbocycles. The predicted molar refractivity (Wildman–Crippen MR) is 115 cm³/mol. The molecule has 10 nitrogen and oxygen atoms in total. The normalized spacial score (nSPS) is 22.6. The van der Waals surface area contributed by atoms with Gasteiger partial charge in [0, 0.05) is 6.20 Å². The van der Waals surface area contributed by atoms with Gasteiger partial charge < -0.3 is 20.7 Å². The van der Waals surface area contributed by atoms with Crippen LogP contribution < -0.4 is 16.0 Å². The van der Waals surface area contributed by atoms with Gasteiger partial charge in [-0.25, -0.2) is 14.8 Å². The monoisotopic (exact) mass is 447 g/mol. The number of carbonyl (C=O) groups is 4. The lowest BCUT2D eigenvalue weighted by Crippen LogP contribution is -2.44. The number of cyclic esters (lactones) is 1. The minimum Gasteiger partial charge on any atom is -0.456 e. The number of carbonyl (C=O) groups excluding carboxylic acids is 4. The summed E-state index contributed by atoms with van der Waals surface area (Å²) in [7, 11) is 0. The molecule has 31 heavy (non-hydrogen) atoms. The Labute approximate surface area is 185 Å². The third kappa shape index (κ3) is 7.52. The Kier molecular flexibility index (Phi) is 9.19. The average molecular weight is 448 g/mol. The number of aromatic nitrogens is 2. The van der Waals surface area contributed by atoms with E-state index in [-0.39, 0.29) is 30.4 Å². The zero-order chi connectivity index (χ0) is 22.8. The molecule has 0 spiro atoms. The first-order chi connectivity index (χ1) is 14.8. The summed E-state index contributed by atoms with van der Waals surface area (Å²) in [5, 5.41) is 7.57. The number of rotatable bonds is 3. The highest BCUT2D eigenvalue weighted by molar-refractivity contribution is 7.80. The Morgan fingerprint density at radius 2 is 2.03 bits per heavy atom. The Hall–Kier alpha value is -3.21. The van der Waals surface area contributed by atoms with Crippen molar-refractivity contribution < 1.29 is 23.9 Å². The number of nitrogens with zero attached hydrogens (tertiary/aromatic N) is 2. The molecule has 2 heterocycles. The van der Waals surface area contributed by atoms with Gasteiger partial charge in [0.15, 0.2) is 0 Å². The van der Waals surface area contributed by atoms with Crippen molar-refractivity contribution in [2.75, 3.05) is 5.75 Å². The van der Waals surface area contributed by atoms with E-state index in [4.69, 9.17) is 4.74 Å². The number of hydrogen-bond acceptors (Lipinski definition) is 8. The Morgan fingerprint density at radius 3 is 2.74 bits per heavy atom. The van der Waals surface area contributed by atoms with E-state index in [1.807, 2.05) is 0 Å². The standard InChI is InChI=1S/C20H25N5O5S/c1-3-15-18(27)23-12(2)20(29)30-14(6-4-5-9-31)10-16(26)22-11-13-7-8-21-17(24-13)19(28)25-15/h3-4,6-8,12,14,31H,5,9-11H2,1-2H3,(H,22,26)(H,23,27)(H,25,28)/b6-4+,15-3-/t12-,14+/m0/s1.